The summed E-state index contributed by atoms with van der Waals surface area (Å²) >= 11 is 5.26. The summed E-state index contributed by atoms with van der Waals surface area (Å²) in [5, 5.41) is 21.3. The van der Waals surface area contributed by atoms with Gasteiger partial charge in [0.15, 0.2) is 9.47 Å². The first-order valence-corrected chi connectivity index (χ1v) is 10.4. The van der Waals surface area contributed by atoms with Crippen molar-refractivity contribution < 1.29 is 9.59 Å². The van der Waals surface area contributed by atoms with E-state index in [4.69, 9.17) is 0 Å². The zero-order valence-electron chi connectivity index (χ0n) is 12.8. The van der Waals surface area contributed by atoms with Gasteiger partial charge in [-0.1, -0.05) is 23.1 Å². The Kier molecular flexibility index (Phi) is 5.96. The fourth-order valence-electron chi connectivity index (χ4n) is 1.60. The first-order chi connectivity index (χ1) is 12.1. The number of thiophene rings is 1. The molecule has 0 aromatic carbocycles. The predicted molar refractivity (Wildman–Crippen MR) is 103 cm³/mol. The number of anilines is 3. The minimum Gasteiger partial charge on any atom is -0.301 e. The topological polar surface area (TPSA) is 109 Å². The summed E-state index contributed by atoms with van der Waals surface area (Å²) in [6, 6.07) is 3.26. The highest BCUT2D eigenvalue weighted by molar-refractivity contribution is 8.01. The second kappa shape index (κ2) is 8.38. The summed E-state index contributed by atoms with van der Waals surface area (Å²) < 4.78 is 0.594. The summed E-state index contributed by atoms with van der Waals surface area (Å²) in [5.41, 5.74) is 0.869. The highest BCUT2D eigenvalue weighted by Crippen LogP contribution is 2.26. The van der Waals surface area contributed by atoms with Crippen LogP contribution in [0.5, 0.6) is 0 Å². The minimum atomic E-state index is -0.382. The van der Waals surface area contributed by atoms with Gasteiger partial charge in [0.05, 0.1) is 16.4 Å². The van der Waals surface area contributed by atoms with Crippen molar-refractivity contribution in [3.8, 4) is 0 Å². The minimum absolute atomic E-state index is 0.167. The van der Waals surface area contributed by atoms with E-state index in [9.17, 15) is 9.59 Å². The van der Waals surface area contributed by atoms with E-state index < -0.39 is 0 Å². The lowest BCUT2D eigenvalue weighted by molar-refractivity contribution is -0.113. The third kappa shape index (κ3) is 5.49. The molecule has 130 valence electrons. The van der Waals surface area contributed by atoms with Gasteiger partial charge in [-0.15, -0.1) is 32.9 Å². The van der Waals surface area contributed by atoms with Crippen LogP contribution in [0.4, 0.5) is 20.1 Å². The molecule has 3 heterocycles. The van der Waals surface area contributed by atoms with Crippen LogP contribution >= 0.6 is 45.8 Å². The van der Waals surface area contributed by atoms with E-state index in [0.717, 1.165) is 10.7 Å². The van der Waals surface area contributed by atoms with Gasteiger partial charge in [0, 0.05) is 5.38 Å². The predicted octanol–water partition coefficient (Wildman–Crippen LogP) is 3.74. The summed E-state index contributed by atoms with van der Waals surface area (Å²) in [6.07, 6.45) is 0. The van der Waals surface area contributed by atoms with Crippen LogP contribution in [-0.4, -0.2) is 32.9 Å². The van der Waals surface area contributed by atoms with Gasteiger partial charge in [0.1, 0.15) is 0 Å². The summed E-state index contributed by atoms with van der Waals surface area (Å²) in [4.78, 5) is 27.8. The van der Waals surface area contributed by atoms with Gasteiger partial charge in [-0.25, -0.2) is 9.78 Å². The lowest BCUT2D eigenvalue weighted by atomic mass is 10.6. The van der Waals surface area contributed by atoms with Crippen molar-refractivity contribution in [3.05, 3.63) is 28.6 Å². The van der Waals surface area contributed by atoms with E-state index in [1.165, 1.54) is 45.8 Å². The van der Waals surface area contributed by atoms with E-state index in [0.29, 0.717) is 14.6 Å². The molecule has 0 spiro atoms. The highest BCUT2D eigenvalue weighted by Gasteiger charge is 2.11. The van der Waals surface area contributed by atoms with Crippen LogP contribution in [0.1, 0.15) is 5.69 Å². The van der Waals surface area contributed by atoms with Crippen molar-refractivity contribution in [2.75, 3.05) is 21.7 Å². The molecular formula is C13H12N6O2S4. The molecule has 3 rings (SSSR count). The second-order valence-corrected chi connectivity index (χ2v) is 8.57. The van der Waals surface area contributed by atoms with Crippen molar-refractivity contribution in [2.24, 2.45) is 0 Å². The van der Waals surface area contributed by atoms with Crippen LogP contribution in [0.2, 0.25) is 0 Å². The average molecular weight is 413 g/mol. The van der Waals surface area contributed by atoms with Gasteiger partial charge >= 0.3 is 6.03 Å². The van der Waals surface area contributed by atoms with Crippen molar-refractivity contribution in [3.63, 3.8) is 0 Å². The number of nitrogens with one attached hydrogen (secondary N) is 3. The molecule has 0 unspecified atom stereocenters. The van der Waals surface area contributed by atoms with Gasteiger partial charge < -0.3 is 5.32 Å². The maximum absolute atomic E-state index is 11.9. The first kappa shape index (κ1) is 17.8. The van der Waals surface area contributed by atoms with Gasteiger partial charge in [0.25, 0.3) is 0 Å². The molecule has 3 aromatic heterocycles. The van der Waals surface area contributed by atoms with Crippen LogP contribution in [0.25, 0.3) is 0 Å². The van der Waals surface area contributed by atoms with Crippen LogP contribution in [0.3, 0.4) is 0 Å². The Balaban J connectivity index is 1.45. The Morgan fingerprint density at radius 3 is 2.76 bits per heavy atom. The van der Waals surface area contributed by atoms with E-state index in [2.05, 4.69) is 31.1 Å². The molecular weight excluding hydrogens is 400 g/mol. The zero-order valence-corrected chi connectivity index (χ0v) is 16.1. The van der Waals surface area contributed by atoms with Crippen molar-refractivity contribution in [1.82, 2.24) is 15.2 Å². The van der Waals surface area contributed by atoms with Crippen molar-refractivity contribution in [2.45, 2.75) is 11.3 Å². The van der Waals surface area contributed by atoms with E-state index in [1.807, 2.05) is 23.8 Å². The molecule has 0 aliphatic carbocycles. The quantitative estimate of drug-likeness (QED) is 0.420. The van der Waals surface area contributed by atoms with E-state index in [1.54, 1.807) is 6.07 Å². The standard InChI is InChI=1S/C13H12N6O2S4/c1-7-5-23-11(14-7)15-8(20)6-24-13-19-18-12(25-13)17-10(21)16-9-3-2-4-22-9/h2-5H,6H2,1H3,(H,14,15,20)(H2,16,17,18,21). The largest absolute Gasteiger partial charge is 0.326 e. The lowest BCUT2D eigenvalue weighted by Crippen LogP contribution is -2.18. The molecule has 0 atom stereocenters. The van der Waals surface area contributed by atoms with Gasteiger partial charge in [-0.3, -0.25) is 15.4 Å². The van der Waals surface area contributed by atoms with Crippen LogP contribution in [0, 0.1) is 6.92 Å². The molecule has 0 saturated carbocycles. The average Bonchev–Trinajstić information content (AvgIpc) is 3.29. The van der Waals surface area contributed by atoms with Crippen LogP contribution in [0.15, 0.2) is 27.2 Å². The number of thiazole rings is 1. The third-order valence-electron chi connectivity index (χ3n) is 2.58. The van der Waals surface area contributed by atoms with Gasteiger partial charge in [0.2, 0.25) is 11.0 Å². The highest BCUT2D eigenvalue weighted by atomic mass is 32.2. The Labute approximate surface area is 159 Å². The molecule has 0 bridgehead atoms. The molecule has 3 N–H and O–H groups in total. The number of amides is 3. The Hall–Kier alpha value is -2.02. The summed E-state index contributed by atoms with van der Waals surface area (Å²) in [7, 11) is 0. The van der Waals surface area contributed by atoms with Crippen molar-refractivity contribution in [1.29, 1.82) is 0 Å². The first-order valence-electron chi connectivity index (χ1n) is 6.88. The zero-order chi connectivity index (χ0) is 17.6. The number of carbonyl (C=O) groups is 2. The molecule has 8 nitrogen and oxygen atoms in total. The summed E-state index contributed by atoms with van der Waals surface area (Å²) in [5.74, 6) is 0.0220. The molecule has 0 saturated heterocycles. The van der Waals surface area contributed by atoms with Crippen LogP contribution < -0.4 is 16.0 Å². The fourth-order valence-corrected chi connectivity index (χ4v) is 4.47. The maximum Gasteiger partial charge on any atom is 0.326 e. The molecule has 0 fully saturated rings. The number of aryl methyl sites for hydroxylation is 1. The molecule has 25 heavy (non-hydrogen) atoms. The lowest BCUT2D eigenvalue weighted by Gasteiger charge is -2.01. The van der Waals surface area contributed by atoms with E-state index >= 15 is 0 Å². The number of carbonyl (C=O) groups excluding carboxylic acids is 2. The SMILES string of the molecule is Cc1csc(NC(=O)CSc2nnc(NC(=O)Nc3cccs3)s2)n1. The number of urea groups is 1. The Morgan fingerprint density at radius 1 is 1.16 bits per heavy atom. The molecule has 3 amide bonds. The fraction of sp³-hybridized carbons (Fsp3) is 0.154. The number of thioether (sulfide) groups is 1. The van der Waals surface area contributed by atoms with Crippen LogP contribution in [-0.2, 0) is 4.79 Å². The smallest absolute Gasteiger partial charge is 0.301 e. The normalized spacial score (nSPS) is 10.4. The van der Waals surface area contributed by atoms with Gasteiger partial charge in [-0.2, -0.15) is 0 Å². The van der Waals surface area contributed by atoms with E-state index in [-0.39, 0.29) is 17.7 Å². The van der Waals surface area contributed by atoms with Crippen molar-refractivity contribution >= 4 is 73.0 Å². The molecule has 0 aliphatic rings. The third-order valence-corrected chi connectivity index (χ3v) is 6.21. The maximum atomic E-state index is 11.9. The Bertz CT molecular complexity index is 860. The number of aromatic nitrogens is 3. The number of rotatable bonds is 6. The van der Waals surface area contributed by atoms with Gasteiger partial charge in [-0.05, 0) is 24.4 Å². The molecule has 0 radical (unpaired) electrons. The Morgan fingerprint density at radius 2 is 2.04 bits per heavy atom. The molecule has 3 aromatic rings. The monoisotopic (exact) mass is 412 g/mol. The molecule has 12 heteroatoms. The second-order valence-electron chi connectivity index (χ2n) is 4.56. The number of hydrogen-bond acceptors (Lipinski definition) is 9. The molecule has 0 aliphatic heterocycles. The summed E-state index contributed by atoms with van der Waals surface area (Å²) in [6.45, 7) is 1.87. The number of nitrogens with zero attached hydrogens (tertiary/aromatic N) is 3. The number of hydrogen-bond donors (Lipinski definition) is 3.